The Hall–Kier alpha value is -3.17. The van der Waals surface area contributed by atoms with Crippen LogP contribution < -0.4 is 19.5 Å². The van der Waals surface area contributed by atoms with Gasteiger partial charge in [0, 0.05) is 25.2 Å². The summed E-state index contributed by atoms with van der Waals surface area (Å²) in [6.45, 7) is 0.251. The van der Waals surface area contributed by atoms with Crippen molar-refractivity contribution in [2.75, 3.05) is 46.3 Å². The molecule has 0 saturated carbocycles. The molecule has 0 spiro atoms. The third kappa shape index (κ3) is 3.05. The molecular weight excluding hydrogens is 346 g/mol. The molecule has 4 amide bonds. The lowest BCUT2D eigenvalue weighted by Crippen LogP contribution is -2.63. The first-order chi connectivity index (χ1) is 12.5. The molecule has 2 aliphatic rings. The van der Waals surface area contributed by atoms with Crippen molar-refractivity contribution in [2.24, 2.45) is 0 Å². The van der Waals surface area contributed by atoms with Gasteiger partial charge in [0.1, 0.15) is 0 Å². The van der Waals surface area contributed by atoms with Gasteiger partial charge in [-0.2, -0.15) is 0 Å². The Labute approximate surface area is 149 Å². The molecular formula is C16H19N3O7. The van der Waals surface area contributed by atoms with Crippen LogP contribution in [0.5, 0.6) is 17.2 Å². The van der Waals surface area contributed by atoms with Crippen LogP contribution in [0, 0.1) is 0 Å². The molecule has 10 heteroatoms. The second-order valence-corrected chi connectivity index (χ2v) is 5.72. The molecule has 3 rings (SSSR count). The van der Waals surface area contributed by atoms with Gasteiger partial charge in [-0.05, 0) is 0 Å². The maximum Gasteiger partial charge on any atom is 0.417 e. The highest BCUT2D eigenvalue weighted by Gasteiger charge is 2.44. The van der Waals surface area contributed by atoms with Crippen molar-refractivity contribution >= 4 is 23.7 Å². The summed E-state index contributed by atoms with van der Waals surface area (Å²) in [5, 5.41) is 2.73. The van der Waals surface area contributed by atoms with E-state index in [4.69, 9.17) is 14.2 Å². The van der Waals surface area contributed by atoms with E-state index in [9.17, 15) is 14.4 Å². The molecule has 140 valence electrons. The molecule has 1 N–H and O–H groups in total. The molecule has 0 radical (unpaired) electrons. The Morgan fingerprint density at radius 3 is 2.19 bits per heavy atom. The van der Waals surface area contributed by atoms with Crippen LogP contribution in [0.15, 0.2) is 12.1 Å². The highest BCUT2D eigenvalue weighted by Crippen LogP contribution is 2.40. The first kappa shape index (κ1) is 17.6. The normalized spacial score (nSPS) is 16.9. The zero-order chi connectivity index (χ0) is 18.8. The Bertz CT molecular complexity index is 704. The Morgan fingerprint density at radius 1 is 1.12 bits per heavy atom. The number of rotatable bonds is 5. The lowest BCUT2D eigenvalue weighted by molar-refractivity contribution is -0.129. The van der Waals surface area contributed by atoms with Crippen molar-refractivity contribution in [1.82, 2.24) is 9.80 Å². The predicted molar refractivity (Wildman–Crippen MR) is 88.7 cm³/mol. The number of anilines is 1. The molecule has 1 aromatic carbocycles. The smallest absolute Gasteiger partial charge is 0.417 e. The third-order valence-corrected chi connectivity index (χ3v) is 4.22. The summed E-state index contributed by atoms with van der Waals surface area (Å²) in [5.74, 6) is 0.857. The van der Waals surface area contributed by atoms with Crippen molar-refractivity contribution in [2.45, 2.75) is 6.04 Å². The molecule has 0 aliphatic carbocycles. The molecule has 2 saturated heterocycles. The van der Waals surface area contributed by atoms with Crippen LogP contribution in [0.3, 0.4) is 0 Å². The summed E-state index contributed by atoms with van der Waals surface area (Å²) < 4.78 is 20.4. The summed E-state index contributed by atoms with van der Waals surface area (Å²) in [4.78, 5) is 38.0. The number of likely N-dealkylation sites (tertiary alicyclic amines) is 1. The Morgan fingerprint density at radius 2 is 1.73 bits per heavy atom. The maximum atomic E-state index is 12.4. The van der Waals surface area contributed by atoms with Gasteiger partial charge in [-0.3, -0.25) is 4.79 Å². The number of carbonyl (C=O) groups excluding carboxylic acids is 3. The van der Waals surface area contributed by atoms with E-state index in [1.54, 1.807) is 12.1 Å². The van der Waals surface area contributed by atoms with E-state index in [1.165, 1.54) is 26.2 Å². The average molecular weight is 365 g/mol. The van der Waals surface area contributed by atoms with Crippen LogP contribution >= 0.6 is 0 Å². The van der Waals surface area contributed by atoms with Crippen molar-refractivity contribution in [3.63, 3.8) is 0 Å². The molecule has 0 atom stereocenters. The van der Waals surface area contributed by atoms with Crippen molar-refractivity contribution in [1.29, 1.82) is 0 Å². The molecule has 2 aliphatic heterocycles. The first-order valence-electron chi connectivity index (χ1n) is 7.83. The number of carbonyl (C=O) groups is 3. The van der Waals surface area contributed by atoms with Gasteiger partial charge in [0.15, 0.2) is 18.1 Å². The molecule has 26 heavy (non-hydrogen) atoms. The van der Waals surface area contributed by atoms with Crippen LogP contribution in [0.1, 0.15) is 0 Å². The molecule has 0 unspecified atom stereocenters. The van der Waals surface area contributed by atoms with E-state index >= 15 is 0 Å². The van der Waals surface area contributed by atoms with Gasteiger partial charge in [0.05, 0.1) is 33.1 Å². The number of methoxy groups -OCH3 is 3. The number of hydrogen-bond donors (Lipinski definition) is 1. The SMILES string of the molecule is COc1cc(NC(=O)N2CC(N3C(=O)COC3=O)C2)cc(OC)c1OC. The highest BCUT2D eigenvalue weighted by molar-refractivity contribution is 5.99. The number of urea groups is 1. The fraction of sp³-hybridized carbons (Fsp3) is 0.438. The number of hydrogen-bond acceptors (Lipinski definition) is 7. The third-order valence-electron chi connectivity index (χ3n) is 4.22. The second-order valence-electron chi connectivity index (χ2n) is 5.72. The van der Waals surface area contributed by atoms with Gasteiger partial charge in [0.2, 0.25) is 5.75 Å². The van der Waals surface area contributed by atoms with Crippen molar-refractivity contribution in [3.8, 4) is 17.2 Å². The van der Waals surface area contributed by atoms with Gasteiger partial charge >= 0.3 is 12.1 Å². The topological polar surface area (TPSA) is 107 Å². The highest BCUT2D eigenvalue weighted by atomic mass is 16.6. The van der Waals surface area contributed by atoms with Crippen LogP contribution in [0.4, 0.5) is 15.3 Å². The minimum absolute atomic E-state index is 0.243. The van der Waals surface area contributed by atoms with Crippen LogP contribution in [0.25, 0.3) is 0 Å². The number of imide groups is 1. The monoisotopic (exact) mass is 365 g/mol. The zero-order valence-corrected chi connectivity index (χ0v) is 14.6. The molecule has 2 fully saturated rings. The minimum Gasteiger partial charge on any atom is -0.493 e. The van der Waals surface area contributed by atoms with Crippen LogP contribution in [0.2, 0.25) is 0 Å². The van der Waals surface area contributed by atoms with Gasteiger partial charge in [-0.15, -0.1) is 0 Å². The molecule has 0 bridgehead atoms. The number of amides is 4. The summed E-state index contributed by atoms with van der Waals surface area (Å²) in [7, 11) is 4.45. The average Bonchev–Trinajstić information content (AvgIpc) is 2.92. The quantitative estimate of drug-likeness (QED) is 0.826. The number of cyclic esters (lactones) is 1. The fourth-order valence-electron chi connectivity index (χ4n) is 2.86. The first-order valence-corrected chi connectivity index (χ1v) is 7.83. The van der Waals surface area contributed by atoms with E-state index in [0.717, 1.165) is 4.90 Å². The lowest BCUT2D eigenvalue weighted by Gasteiger charge is -2.41. The minimum atomic E-state index is -0.662. The van der Waals surface area contributed by atoms with Gasteiger partial charge in [0.25, 0.3) is 5.91 Å². The second kappa shape index (κ2) is 6.98. The van der Waals surface area contributed by atoms with Gasteiger partial charge in [-0.1, -0.05) is 0 Å². The fourth-order valence-corrected chi connectivity index (χ4v) is 2.86. The van der Waals surface area contributed by atoms with Crippen molar-refractivity contribution in [3.05, 3.63) is 12.1 Å². The van der Waals surface area contributed by atoms with E-state index in [0.29, 0.717) is 22.9 Å². The zero-order valence-electron chi connectivity index (χ0n) is 14.6. The number of ether oxygens (including phenoxy) is 4. The van der Waals surface area contributed by atoms with Gasteiger partial charge in [-0.25, -0.2) is 14.5 Å². The number of benzene rings is 1. The maximum absolute atomic E-state index is 12.4. The largest absolute Gasteiger partial charge is 0.493 e. The Balaban J connectivity index is 1.64. The van der Waals surface area contributed by atoms with Gasteiger partial charge < -0.3 is 29.2 Å². The molecule has 1 aromatic rings. The summed E-state index contributed by atoms with van der Waals surface area (Å²) in [6.07, 6.45) is -0.662. The van der Waals surface area contributed by atoms with Crippen LogP contribution in [-0.2, 0) is 9.53 Å². The summed E-state index contributed by atoms with van der Waals surface area (Å²) in [5.41, 5.74) is 0.463. The standard InChI is InChI=1S/C16H19N3O7/c1-23-11-4-9(5-12(24-2)14(11)25-3)17-15(21)18-6-10(7-18)19-13(20)8-26-16(19)22/h4-5,10H,6-8H2,1-3H3,(H,17,21). The lowest BCUT2D eigenvalue weighted by atomic mass is 10.1. The van der Waals surface area contributed by atoms with E-state index in [-0.39, 0.29) is 37.7 Å². The van der Waals surface area contributed by atoms with Crippen molar-refractivity contribution < 1.29 is 33.3 Å². The van der Waals surface area contributed by atoms with E-state index in [2.05, 4.69) is 10.1 Å². The number of nitrogens with zero attached hydrogens (tertiary/aromatic N) is 2. The molecule has 10 nitrogen and oxygen atoms in total. The molecule has 2 heterocycles. The summed E-state index contributed by atoms with van der Waals surface area (Å²) >= 11 is 0. The predicted octanol–water partition coefficient (Wildman–Crippen LogP) is 0.907. The molecule has 0 aromatic heterocycles. The van der Waals surface area contributed by atoms with E-state index in [1.807, 2.05) is 0 Å². The summed E-state index contributed by atoms with van der Waals surface area (Å²) in [6, 6.07) is 2.49. The van der Waals surface area contributed by atoms with Crippen LogP contribution in [-0.4, -0.2) is 74.9 Å². The van der Waals surface area contributed by atoms with E-state index < -0.39 is 6.09 Å². The Kier molecular flexibility index (Phi) is 4.74. The number of nitrogens with one attached hydrogen (secondary N) is 1.